The van der Waals surface area contributed by atoms with E-state index in [0.717, 1.165) is 10.6 Å². The molecule has 1 amide bonds. The minimum Gasteiger partial charge on any atom is -0.320 e. The Morgan fingerprint density at radius 2 is 2.00 bits per heavy atom. The van der Waals surface area contributed by atoms with E-state index in [9.17, 15) is 13.2 Å². The molecule has 12 heteroatoms. The van der Waals surface area contributed by atoms with E-state index in [1.807, 2.05) is 4.90 Å². The maximum Gasteiger partial charge on any atom is 0.257 e. The fourth-order valence-electron chi connectivity index (χ4n) is 3.21. The number of thioether (sulfide) groups is 1. The van der Waals surface area contributed by atoms with Crippen molar-refractivity contribution in [1.82, 2.24) is 14.8 Å². The average Bonchev–Trinajstić information content (AvgIpc) is 3.34. The van der Waals surface area contributed by atoms with Crippen molar-refractivity contribution < 1.29 is 13.2 Å². The molecular weight excluding hydrogens is 448 g/mol. The Bertz CT molecular complexity index is 1310. The molecule has 5 rings (SSSR count). The molecule has 0 fully saturated rings. The van der Waals surface area contributed by atoms with Crippen molar-refractivity contribution in [2.24, 2.45) is 4.40 Å². The molecule has 2 aromatic carbocycles. The van der Waals surface area contributed by atoms with Gasteiger partial charge in [-0.2, -0.15) is 5.10 Å². The van der Waals surface area contributed by atoms with E-state index in [1.54, 1.807) is 36.4 Å². The van der Waals surface area contributed by atoms with E-state index in [4.69, 9.17) is 11.6 Å². The van der Waals surface area contributed by atoms with Gasteiger partial charge in [0, 0.05) is 22.0 Å². The second-order valence-corrected chi connectivity index (χ2v) is 9.75. The molecule has 30 heavy (non-hydrogen) atoms. The Balaban J connectivity index is 1.44. The first kappa shape index (κ1) is 19.1. The predicted molar refractivity (Wildman–Crippen MR) is 115 cm³/mol. The average molecular weight is 461 g/mol. The molecule has 1 aromatic heterocycles. The van der Waals surface area contributed by atoms with Gasteiger partial charge in [0.05, 0.1) is 22.8 Å². The summed E-state index contributed by atoms with van der Waals surface area (Å²) in [5.74, 6) is -0.361. The van der Waals surface area contributed by atoms with Gasteiger partial charge in [-0.15, -0.1) is 4.40 Å². The molecule has 0 atom stereocenters. The van der Waals surface area contributed by atoms with Crippen LogP contribution in [0.15, 0.2) is 58.3 Å². The largest absolute Gasteiger partial charge is 0.320 e. The van der Waals surface area contributed by atoms with Crippen LogP contribution in [0.1, 0.15) is 10.4 Å². The third-order valence-electron chi connectivity index (χ3n) is 4.61. The Hall–Kier alpha value is -2.89. The lowest BCUT2D eigenvalue weighted by molar-refractivity contribution is 0.102. The standard InChI is InChI=1S/C18H13ClN6O3S2/c19-12-2-4-14(25-10-20-9-21-25)13(8-12)22-17(26)11-1-3-15-16(7-11)29-18-23-30(27,28)6-5-24(15)18/h1-4,7-10H,5-6H2,(H,22,26). The lowest BCUT2D eigenvalue weighted by Crippen LogP contribution is -2.35. The number of rotatable bonds is 3. The van der Waals surface area contributed by atoms with Crippen molar-refractivity contribution in [3.63, 3.8) is 0 Å². The third kappa shape index (κ3) is 3.44. The van der Waals surface area contributed by atoms with Crippen molar-refractivity contribution in [3.8, 4) is 5.69 Å². The fourth-order valence-corrected chi connectivity index (χ4v) is 5.68. The third-order valence-corrected chi connectivity index (χ3v) is 7.15. The van der Waals surface area contributed by atoms with Crippen LogP contribution in [-0.2, 0) is 10.0 Å². The molecule has 0 unspecified atom stereocenters. The number of amidine groups is 1. The molecule has 0 saturated heterocycles. The second kappa shape index (κ2) is 7.11. The number of nitrogens with zero attached hydrogens (tertiary/aromatic N) is 5. The molecule has 0 bridgehead atoms. The summed E-state index contributed by atoms with van der Waals surface area (Å²) in [5, 5.41) is 7.84. The van der Waals surface area contributed by atoms with Crippen molar-refractivity contribution in [3.05, 3.63) is 59.6 Å². The first-order chi connectivity index (χ1) is 14.4. The summed E-state index contributed by atoms with van der Waals surface area (Å²) in [6.07, 6.45) is 2.92. The van der Waals surface area contributed by atoms with Gasteiger partial charge in [-0.05, 0) is 48.2 Å². The van der Waals surface area contributed by atoms with E-state index in [0.29, 0.717) is 33.7 Å². The summed E-state index contributed by atoms with van der Waals surface area (Å²) in [4.78, 5) is 19.5. The lowest BCUT2D eigenvalue weighted by atomic mass is 10.1. The van der Waals surface area contributed by atoms with Crippen molar-refractivity contribution in [2.75, 3.05) is 22.5 Å². The van der Waals surface area contributed by atoms with Crippen molar-refractivity contribution >= 4 is 55.8 Å². The predicted octanol–water partition coefficient (Wildman–Crippen LogP) is 2.78. The van der Waals surface area contributed by atoms with Crippen molar-refractivity contribution in [2.45, 2.75) is 4.90 Å². The first-order valence-corrected chi connectivity index (χ1v) is 11.6. The Morgan fingerprint density at radius 3 is 2.80 bits per heavy atom. The highest BCUT2D eigenvalue weighted by molar-refractivity contribution is 8.15. The summed E-state index contributed by atoms with van der Waals surface area (Å²) >= 11 is 7.35. The van der Waals surface area contributed by atoms with Gasteiger partial charge in [-0.25, -0.2) is 18.1 Å². The molecule has 3 heterocycles. The molecule has 3 aromatic rings. The number of halogens is 1. The second-order valence-electron chi connectivity index (χ2n) is 6.55. The highest BCUT2D eigenvalue weighted by atomic mass is 35.5. The van der Waals surface area contributed by atoms with Gasteiger partial charge in [0.1, 0.15) is 12.7 Å². The Labute approximate surface area is 180 Å². The van der Waals surface area contributed by atoms with E-state index < -0.39 is 10.0 Å². The van der Waals surface area contributed by atoms with Crippen LogP contribution in [0.25, 0.3) is 5.69 Å². The number of benzene rings is 2. The zero-order valence-corrected chi connectivity index (χ0v) is 17.6. The zero-order chi connectivity index (χ0) is 20.9. The van der Waals surface area contributed by atoms with E-state index >= 15 is 0 Å². The van der Waals surface area contributed by atoms with Crippen LogP contribution < -0.4 is 10.2 Å². The highest BCUT2D eigenvalue weighted by Gasteiger charge is 2.33. The quantitative estimate of drug-likeness (QED) is 0.639. The number of aromatic nitrogens is 3. The molecule has 2 aliphatic heterocycles. The van der Waals surface area contributed by atoms with Crippen LogP contribution in [0.4, 0.5) is 11.4 Å². The van der Waals surface area contributed by atoms with Crippen molar-refractivity contribution in [1.29, 1.82) is 0 Å². The van der Waals surface area contributed by atoms with Crippen LogP contribution in [-0.4, -0.2) is 46.6 Å². The number of fused-ring (bicyclic) bond motifs is 3. The molecule has 0 saturated carbocycles. The van der Waals surface area contributed by atoms with Gasteiger partial charge < -0.3 is 10.2 Å². The number of hydrogen-bond donors (Lipinski definition) is 1. The smallest absolute Gasteiger partial charge is 0.257 e. The number of anilines is 2. The first-order valence-electron chi connectivity index (χ1n) is 8.78. The molecule has 0 aliphatic carbocycles. The number of amides is 1. The number of sulfonamides is 1. The fraction of sp³-hybridized carbons (Fsp3) is 0.111. The number of carbonyl (C=O) groups excluding carboxylic acids is 1. The summed E-state index contributed by atoms with van der Waals surface area (Å²) in [7, 11) is -3.43. The zero-order valence-electron chi connectivity index (χ0n) is 15.2. The van der Waals surface area contributed by atoms with Gasteiger partial charge >= 0.3 is 0 Å². The van der Waals surface area contributed by atoms with Crippen LogP contribution in [0.3, 0.4) is 0 Å². The van der Waals surface area contributed by atoms with Crippen LogP contribution in [0.5, 0.6) is 0 Å². The SMILES string of the molecule is O=C(Nc1cc(Cl)ccc1-n1cncn1)c1ccc2c(c1)SC1=NS(=O)(=O)CCN12. The van der Waals surface area contributed by atoms with Gasteiger partial charge in [0.25, 0.3) is 15.9 Å². The summed E-state index contributed by atoms with van der Waals surface area (Å²) in [6.45, 7) is 0.344. The van der Waals surface area contributed by atoms with Gasteiger partial charge in [-0.1, -0.05) is 11.6 Å². The van der Waals surface area contributed by atoms with E-state index in [1.165, 1.54) is 29.1 Å². The summed E-state index contributed by atoms with van der Waals surface area (Å²) in [5.41, 5.74) is 2.38. The van der Waals surface area contributed by atoms with Gasteiger partial charge in [0.2, 0.25) is 0 Å². The Morgan fingerprint density at radius 1 is 1.17 bits per heavy atom. The highest BCUT2D eigenvalue weighted by Crippen LogP contribution is 2.42. The molecule has 2 aliphatic rings. The monoisotopic (exact) mass is 460 g/mol. The molecule has 1 N–H and O–H groups in total. The number of nitrogens with one attached hydrogen (secondary N) is 1. The number of carbonyl (C=O) groups is 1. The molecule has 9 nitrogen and oxygen atoms in total. The maximum absolute atomic E-state index is 12.9. The molecule has 0 spiro atoms. The molecular formula is C18H13ClN6O3S2. The lowest BCUT2D eigenvalue weighted by Gasteiger charge is -2.22. The van der Waals surface area contributed by atoms with Crippen LogP contribution in [0, 0.1) is 0 Å². The summed E-state index contributed by atoms with van der Waals surface area (Å²) in [6, 6.07) is 10.3. The van der Waals surface area contributed by atoms with Gasteiger partial charge in [-0.3, -0.25) is 4.79 Å². The van der Waals surface area contributed by atoms with Crippen LogP contribution >= 0.6 is 23.4 Å². The summed E-state index contributed by atoms with van der Waals surface area (Å²) < 4.78 is 28.9. The van der Waals surface area contributed by atoms with E-state index in [-0.39, 0.29) is 11.7 Å². The number of hydrogen-bond acceptors (Lipinski definition) is 7. The minimum atomic E-state index is -3.43. The minimum absolute atomic E-state index is 0.0292. The van der Waals surface area contributed by atoms with Crippen LogP contribution in [0.2, 0.25) is 5.02 Å². The normalized spacial score (nSPS) is 16.6. The maximum atomic E-state index is 12.9. The molecule has 152 valence electrons. The Kier molecular flexibility index (Phi) is 4.53. The van der Waals surface area contributed by atoms with Gasteiger partial charge in [0.15, 0.2) is 5.17 Å². The van der Waals surface area contributed by atoms with E-state index in [2.05, 4.69) is 19.8 Å². The molecule has 0 radical (unpaired) electrons. The topological polar surface area (TPSA) is 110 Å².